The highest BCUT2D eigenvalue weighted by Gasteiger charge is 2.30. The number of aromatic nitrogens is 2. The van der Waals surface area contributed by atoms with E-state index in [2.05, 4.69) is 9.97 Å². The van der Waals surface area contributed by atoms with Gasteiger partial charge >= 0.3 is 12.0 Å². The number of piperidine rings is 1. The van der Waals surface area contributed by atoms with E-state index in [-0.39, 0.29) is 18.2 Å². The van der Waals surface area contributed by atoms with Gasteiger partial charge in [-0.15, -0.1) is 0 Å². The molecule has 156 valence electrons. The number of hydrogen-bond acceptors (Lipinski definition) is 5. The Hall–Kier alpha value is -2.57. The Morgan fingerprint density at radius 2 is 1.90 bits per heavy atom. The van der Waals surface area contributed by atoms with Crippen molar-refractivity contribution in [2.45, 2.75) is 57.1 Å². The minimum atomic E-state index is 0.0906. The Morgan fingerprint density at radius 3 is 2.62 bits per heavy atom. The van der Waals surface area contributed by atoms with Crippen LogP contribution in [0.3, 0.4) is 0 Å². The first-order chi connectivity index (χ1) is 14.1. The summed E-state index contributed by atoms with van der Waals surface area (Å²) in [5.74, 6) is 0.768. The summed E-state index contributed by atoms with van der Waals surface area (Å²) in [6, 6.07) is 6.61. The maximum Gasteiger partial charge on any atom is 0.319 e. The zero-order valence-corrected chi connectivity index (χ0v) is 17.3. The van der Waals surface area contributed by atoms with Crippen LogP contribution in [0.1, 0.15) is 44.9 Å². The van der Waals surface area contributed by atoms with Gasteiger partial charge in [-0.2, -0.15) is 4.98 Å². The van der Waals surface area contributed by atoms with Crippen LogP contribution in [0, 0.1) is 0 Å². The smallest absolute Gasteiger partial charge is 0.319 e. The van der Waals surface area contributed by atoms with Crippen LogP contribution in [0.15, 0.2) is 24.4 Å². The van der Waals surface area contributed by atoms with Crippen molar-refractivity contribution in [3.63, 3.8) is 0 Å². The first-order valence-corrected chi connectivity index (χ1v) is 10.6. The zero-order chi connectivity index (χ0) is 20.2. The minimum absolute atomic E-state index is 0.0906. The average molecular weight is 399 g/mol. The third-order valence-electron chi connectivity index (χ3n) is 6.16. The summed E-state index contributed by atoms with van der Waals surface area (Å²) >= 11 is 0. The van der Waals surface area contributed by atoms with Gasteiger partial charge in [-0.25, -0.2) is 9.78 Å². The second kappa shape index (κ2) is 8.84. The second-order valence-electron chi connectivity index (χ2n) is 8.07. The van der Waals surface area contributed by atoms with Crippen LogP contribution >= 0.6 is 0 Å². The molecule has 0 N–H and O–H groups in total. The normalized spacial score (nSPS) is 22.3. The third kappa shape index (κ3) is 4.54. The van der Waals surface area contributed by atoms with Gasteiger partial charge in [0.05, 0.1) is 12.6 Å². The van der Waals surface area contributed by atoms with Gasteiger partial charge in [-0.05, 0) is 57.1 Å². The first-order valence-electron chi connectivity index (χ1n) is 10.6. The first kappa shape index (κ1) is 19.7. The zero-order valence-electron chi connectivity index (χ0n) is 17.3. The molecule has 0 atom stereocenters. The number of ether oxygens (including phenoxy) is 2. The molecule has 1 aliphatic carbocycles. The van der Waals surface area contributed by atoms with E-state index in [1.807, 2.05) is 35.0 Å². The van der Waals surface area contributed by atoms with Gasteiger partial charge in [-0.1, -0.05) is 0 Å². The van der Waals surface area contributed by atoms with Gasteiger partial charge in [0.1, 0.15) is 11.9 Å². The molecule has 0 unspecified atom stereocenters. The number of hydrogen-bond donors (Lipinski definition) is 0. The van der Waals surface area contributed by atoms with E-state index in [1.54, 1.807) is 13.3 Å². The standard InChI is InChI=1S/C22H30N4O3/c1-25(22(27)26-12-4-3-5-13-26)17-7-10-18(11-8-17)29-21-23-15-16-6-9-19(28-2)14-20(16)24-21/h6,9,14-15,17-18H,3-5,7-8,10-13H2,1-2H3. The summed E-state index contributed by atoms with van der Waals surface area (Å²) in [4.78, 5) is 25.6. The predicted molar refractivity (Wildman–Crippen MR) is 111 cm³/mol. The van der Waals surface area contributed by atoms with Crippen LogP contribution in [-0.2, 0) is 0 Å². The number of methoxy groups -OCH3 is 1. The highest BCUT2D eigenvalue weighted by molar-refractivity contribution is 5.79. The van der Waals surface area contributed by atoms with E-state index < -0.39 is 0 Å². The molecule has 1 aliphatic heterocycles. The SMILES string of the molecule is COc1ccc2cnc(OC3CCC(N(C)C(=O)N4CCCCC4)CC3)nc2c1. The van der Waals surface area contributed by atoms with E-state index in [0.717, 1.165) is 68.3 Å². The highest BCUT2D eigenvalue weighted by Crippen LogP contribution is 2.27. The van der Waals surface area contributed by atoms with Gasteiger partial charge in [-0.3, -0.25) is 0 Å². The molecule has 7 nitrogen and oxygen atoms in total. The van der Waals surface area contributed by atoms with Crippen LogP contribution in [0.2, 0.25) is 0 Å². The summed E-state index contributed by atoms with van der Waals surface area (Å²) in [6.45, 7) is 1.79. The number of likely N-dealkylation sites (tertiary alicyclic amines) is 1. The topological polar surface area (TPSA) is 67.8 Å². The molecule has 1 saturated heterocycles. The second-order valence-corrected chi connectivity index (χ2v) is 8.07. The van der Waals surface area contributed by atoms with Gasteiger partial charge < -0.3 is 19.3 Å². The molecular weight excluding hydrogens is 368 g/mol. The van der Waals surface area contributed by atoms with Gasteiger partial charge in [0, 0.05) is 43.8 Å². The Balaban J connectivity index is 1.32. The molecule has 2 heterocycles. The minimum Gasteiger partial charge on any atom is -0.497 e. The number of benzene rings is 1. The lowest BCUT2D eigenvalue weighted by Crippen LogP contribution is -2.49. The van der Waals surface area contributed by atoms with Crippen LogP contribution in [0.4, 0.5) is 4.79 Å². The number of fused-ring (bicyclic) bond motifs is 1. The predicted octanol–water partition coefficient (Wildman–Crippen LogP) is 3.87. The van der Waals surface area contributed by atoms with Crippen LogP contribution in [0.25, 0.3) is 10.9 Å². The molecule has 2 aliphatic rings. The molecule has 7 heteroatoms. The summed E-state index contributed by atoms with van der Waals surface area (Å²) in [7, 11) is 3.59. The number of carbonyl (C=O) groups excluding carboxylic acids is 1. The lowest BCUT2D eigenvalue weighted by atomic mass is 9.92. The number of rotatable bonds is 4. The van der Waals surface area contributed by atoms with E-state index >= 15 is 0 Å². The summed E-state index contributed by atoms with van der Waals surface area (Å²) < 4.78 is 11.3. The molecule has 29 heavy (non-hydrogen) atoms. The monoisotopic (exact) mass is 398 g/mol. The summed E-state index contributed by atoms with van der Waals surface area (Å²) in [5, 5.41) is 0.958. The lowest BCUT2D eigenvalue weighted by Gasteiger charge is -2.38. The van der Waals surface area contributed by atoms with Crippen LogP contribution in [0.5, 0.6) is 11.8 Å². The third-order valence-corrected chi connectivity index (χ3v) is 6.16. The van der Waals surface area contributed by atoms with E-state index in [1.165, 1.54) is 6.42 Å². The van der Waals surface area contributed by atoms with Crippen LogP contribution < -0.4 is 9.47 Å². The van der Waals surface area contributed by atoms with Crippen LogP contribution in [-0.4, -0.2) is 65.2 Å². The van der Waals surface area contributed by atoms with Crippen molar-refractivity contribution in [2.75, 3.05) is 27.2 Å². The lowest BCUT2D eigenvalue weighted by molar-refractivity contribution is 0.0877. The number of urea groups is 1. The molecule has 0 spiro atoms. The Labute approximate surface area is 172 Å². The quantitative estimate of drug-likeness (QED) is 0.782. The van der Waals surface area contributed by atoms with Crippen molar-refractivity contribution in [1.29, 1.82) is 0 Å². The molecule has 2 amide bonds. The molecule has 2 fully saturated rings. The highest BCUT2D eigenvalue weighted by atomic mass is 16.5. The molecule has 2 aromatic rings. The molecule has 4 rings (SSSR count). The largest absolute Gasteiger partial charge is 0.497 e. The summed E-state index contributed by atoms with van der Waals surface area (Å²) in [6.07, 6.45) is 9.06. The van der Waals surface area contributed by atoms with Gasteiger partial charge in [0.15, 0.2) is 0 Å². The Bertz CT molecular complexity index is 845. The fraction of sp³-hybridized carbons (Fsp3) is 0.591. The van der Waals surface area contributed by atoms with Crippen molar-refractivity contribution in [2.24, 2.45) is 0 Å². The molecule has 1 aromatic heterocycles. The average Bonchev–Trinajstić information content (AvgIpc) is 2.78. The molecule has 0 bridgehead atoms. The summed E-state index contributed by atoms with van der Waals surface area (Å²) in [5.41, 5.74) is 0.815. The molecule has 1 aromatic carbocycles. The Morgan fingerprint density at radius 1 is 1.14 bits per heavy atom. The Kier molecular flexibility index (Phi) is 6.02. The molecule has 1 saturated carbocycles. The van der Waals surface area contributed by atoms with Crippen molar-refractivity contribution >= 4 is 16.9 Å². The molecular formula is C22H30N4O3. The number of amides is 2. The van der Waals surface area contributed by atoms with Crippen molar-refractivity contribution in [3.05, 3.63) is 24.4 Å². The maximum atomic E-state index is 12.7. The van der Waals surface area contributed by atoms with E-state index in [9.17, 15) is 4.79 Å². The van der Waals surface area contributed by atoms with Crippen molar-refractivity contribution < 1.29 is 14.3 Å². The number of carbonyl (C=O) groups is 1. The number of nitrogens with zero attached hydrogens (tertiary/aromatic N) is 4. The van der Waals surface area contributed by atoms with E-state index in [0.29, 0.717) is 6.01 Å². The van der Waals surface area contributed by atoms with Crippen molar-refractivity contribution in [1.82, 2.24) is 19.8 Å². The molecule has 0 radical (unpaired) electrons. The van der Waals surface area contributed by atoms with E-state index in [4.69, 9.17) is 9.47 Å². The fourth-order valence-electron chi connectivity index (χ4n) is 4.33. The van der Waals surface area contributed by atoms with Gasteiger partial charge in [0.2, 0.25) is 0 Å². The fourth-order valence-corrected chi connectivity index (χ4v) is 4.33. The maximum absolute atomic E-state index is 12.7. The van der Waals surface area contributed by atoms with Gasteiger partial charge in [0.25, 0.3) is 0 Å². The van der Waals surface area contributed by atoms with Crippen molar-refractivity contribution in [3.8, 4) is 11.8 Å².